The Bertz CT molecular complexity index is 685. The average Bonchev–Trinajstić information content (AvgIpc) is 3.03. The van der Waals surface area contributed by atoms with Crippen LogP contribution in [0, 0.1) is 5.92 Å². The summed E-state index contributed by atoms with van der Waals surface area (Å²) in [5, 5.41) is 0. The predicted molar refractivity (Wildman–Crippen MR) is 91.7 cm³/mol. The Labute approximate surface area is 146 Å². The molecule has 0 bridgehead atoms. The highest BCUT2D eigenvalue weighted by atomic mass is 16.6. The van der Waals surface area contributed by atoms with Gasteiger partial charge in [0.05, 0.1) is 5.92 Å². The van der Waals surface area contributed by atoms with Gasteiger partial charge in [-0.2, -0.15) is 0 Å². The first-order chi connectivity index (χ1) is 12.1. The maximum atomic E-state index is 12.7. The number of hydrogen-bond donors (Lipinski definition) is 1. The largest absolute Gasteiger partial charge is 0.486 e. The van der Waals surface area contributed by atoms with E-state index in [0.29, 0.717) is 44.3 Å². The van der Waals surface area contributed by atoms with Crippen LogP contribution >= 0.6 is 0 Å². The van der Waals surface area contributed by atoms with Crippen LogP contribution in [0.4, 0.5) is 5.69 Å². The van der Waals surface area contributed by atoms with Gasteiger partial charge in [-0.15, -0.1) is 0 Å². The lowest BCUT2D eigenvalue weighted by Crippen LogP contribution is -2.45. The highest BCUT2D eigenvalue weighted by Gasteiger charge is 2.38. The molecule has 1 aromatic rings. The van der Waals surface area contributed by atoms with Crippen LogP contribution < -0.4 is 20.1 Å². The Morgan fingerprint density at radius 2 is 1.84 bits per heavy atom. The van der Waals surface area contributed by atoms with Gasteiger partial charge in [0, 0.05) is 43.9 Å². The zero-order valence-electron chi connectivity index (χ0n) is 14.1. The maximum Gasteiger partial charge on any atom is 0.228 e. The summed E-state index contributed by atoms with van der Waals surface area (Å²) < 4.78 is 11.1. The molecule has 3 aliphatic rings. The minimum absolute atomic E-state index is 0.0243. The molecule has 0 aromatic heterocycles. The predicted octanol–water partition coefficient (Wildman–Crippen LogP) is 0.760. The molecule has 25 heavy (non-hydrogen) atoms. The molecule has 2 N–H and O–H groups in total. The lowest BCUT2D eigenvalue weighted by Gasteiger charge is -2.32. The Morgan fingerprint density at radius 3 is 2.60 bits per heavy atom. The second-order valence-corrected chi connectivity index (χ2v) is 6.90. The third kappa shape index (κ3) is 3.16. The lowest BCUT2D eigenvalue weighted by atomic mass is 10.0. The molecule has 3 aliphatic heterocycles. The molecular weight excluding hydrogens is 322 g/mol. The molecule has 3 heterocycles. The standard InChI is InChI=1S/C18H23N3O4/c19-13-3-5-20(6-4-13)18(23)12-9-17(22)21(11-12)14-1-2-15-16(10-14)25-8-7-24-15/h1-2,10,12-13H,3-9,11,19H2. The van der Waals surface area contributed by atoms with Crippen molar-refractivity contribution in [1.82, 2.24) is 4.90 Å². The fraction of sp³-hybridized carbons (Fsp3) is 0.556. The van der Waals surface area contributed by atoms with Crippen molar-refractivity contribution in [3.8, 4) is 11.5 Å². The van der Waals surface area contributed by atoms with Crippen LogP contribution in [-0.4, -0.2) is 55.6 Å². The van der Waals surface area contributed by atoms with Gasteiger partial charge in [0.2, 0.25) is 11.8 Å². The third-order valence-electron chi connectivity index (χ3n) is 5.16. The molecule has 2 fully saturated rings. The number of benzene rings is 1. The van der Waals surface area contributed by atoms with Crippen molar-refractivity contribution in [2.24, 2.45) is 11.7 Å². The number of ether oxygens (including phenoxy) is 2. The zero-order chi connectivity index (χ0) is 17.4. The molecule has 2 amide bonds. The quantitative estimate of drug-likeness (QED) is 0.855. The molecule has 7 heteroatoms. The number of nitrogens with zero attached hydrogens (tertiary/aromatic N) is 2. The van der Waals surface area contributed by atoms with E-state index in [1.807, 2.05) is 23.1 Å². The van der Waals surface area contributed by atoms with E-state index in [1.165, 1.54) is 0 Å². The Hall–Kier alpha value is -2.28. The minimum atomic E-state index is -0.282. The number of likely N-dealkylation sites (tertiary alicyclic amines) is 1. The normalized spacial score (nSPS) is 23.9. The second-order valence-electron chi connectivity index (χ2n) is 6.90. The Kier molecular flexibility index (Phi) is 4.25. The first kappa shape index (κ1) is 16.2. The third-order valence-corrected chi connectivity index (χ3v) is 5.16. The van der Waals surface area contributed by atoms with Crippen molar-refractivity contribution in [3.63, 3.8) is 0 Å². The number of anilines is 1. The Balaban J connectivity index is 1.46. The molecular formula is C18H23N3O4. The molecule has 0 radical (unpaired) electrons. The molecule has 7 nitrogen and oxygen atoms in total. The number of carbonyl (C=O) groups is 2. The van der Waals surface area contributed by atoms with Gasteiger partial charge in [-0.3, -0.25) is 9.59 Å². The zero-order valence-corrected chi connectivity index (χ0v) is 14.1. The van der Waals surface area contributed by atoms with Crippen molar-refractivity contribution in [2.45, 2.75) is 25.3 Å². The van der Waals surface area contributed by atoms with E-state index in [1.54, 1.807) is 4.90 Å². The molecule has 0 spiro atoms. The summed E-state index contributed by atoms with van der Waals surface area (Å²) >= 11 is 0. The van der Waals surface area contributed by atoms with E-state index in [0.717, 1.165) is 18.5 Å². The fourth-order valence-electron chi connectivity index (χ4n) is 3.70. The van der Waals surface area contributed by atoms with Crippen LogP contribution in [0.25, 0.3) is 0 Å². The number of rotatable bonds is 2. The van der Waals surface area contributed by atoms with Crippen LogP contribution in [0.3, 0.4) is 0 Å². The number of hydrogen-bond acceptors (Lipinski definition) is 5. The van der Waals surface area contributed by atoms with E-state index in [-0.39, 0.29) is 30.2 Å². The molecule has 1 unspecified atom stereocenters. The smallest absolute Gasteiger partial charge is 0.228 e. The molecule has 134 valence electrons. The molecule has 0 saturated carbocycles. The highest BCUT2D eigenvalue weighted by molar-refractivity contribution is 6.00. The van der Waals surface area contributed by atoms with Gasteiger partial charge in [0.1, 0.15) is 13.2 Å². The van der Waals surface area contributed by atoms with E-state index < -0.39 is 0 Å². The van der Waals surface area contributed by atoms with Crippen LogP contribution in [0.2, 0.25) is 0 Å². The summed E-state index contributed by atoms with van der Waals surface area (Å²) in [5.41, 5.74) is 6.66. The first-order valence-corrected chi connectivity index (χ1v) is 8.86. The molecule has 4 rings (SSSR count). The Morgan fingerprint density at radius 1 is 1.12 bits per heavy atom. The highest BCUT2D eigenvalue weighted by Crippen LogP contribution is 2.36. The van der Waals surface area contributed by atoms with E-state index in [9.17, 15) is 9.59 Å². The van der Waals surface area contributed by atoms with Gasteiger partial charge in [0.15, 0.2) is 11.5 Å². The monoisotopic (exact) mass is 345 g/mol. The van der Waals surface area contributed by atoms with Crippen molar-refractivity contribution in [3.05, 3.63) is 18.2 Å². The van der Waals surface area contributed by atoms with Gasteiger partial charge in [-0.05, 0) is 25.0 Å². The molecule has 1 atom stereocenters. The number of piperidine rings is 1. The minimum Gasteiger partial charge on any atom is -0.486 e. The summed E-state index contributed by atoms with van der Waals surface area (Å²) in [6, 6.07) is 5.67. The number of carbonyl (C=O) groups excluding carboxylic acids is 2. The first-order valence-electron chi connectivity index (χ1n) is 8.86. The molecule has 2 saturated heterocycles. The summed E-state index contributed by atoms with van der Waals surface area (Å²) in [6.07, 6.45) is 1.92. The SMILES string of the molecule is NC1CCN(C(=O)C2CC(=O)N(c3ccc4c(c3)OCCO4)C2)CC1. The van der Waals surface area contributed by atoms with Gasteiger partial charge >= 0.3 is 0 Å². The number of amides is 2. The number of nitrogens with two attached hydrogens (primary N) is 1. The van der Waals surface area contributed by atoms with Crippen molar-refractivity contribution < 1.29 is 19.1 Å². The second kappa shape index (κ2) is 6.55. The lowest BCUT2D eigenvalue weighted by molar-refractivity contribution is -0.136. The van der Waals surface area contributed by atoms with E-state index >= 15 is 0 Å². The maximum absolute atomic E-state index is 12.7. The number of fused-ring (bicyclic) bond motifs is 1. The average molecular weight is 345 g/mol. The van der Waals surface area contributed by atoms with E-state index in [4.69, 9.17) is 15.2 Å². The summed E-state index contributed by atoms with van der Waals surface area (Å²) in [5.74, 6) is 1.11. The van der Waals surface area contributed by atoms with Gasteiger partial charge in [-0.25, -0.2) is 0 Å². The summed E-state index contributed by atoms with van der Waals surface area (Å²) in [6.45, 7) is 2.83. The van der Waals surface area contributed by atoms with Crippen LogP contribution in [-0.2, 0) is 9.59 Å². The van der Waals surface area contributed by atoms with E-state index in [2.05, 4.69) is 0 Å². The van der Waals surface area contributed by atoms with Crippen LogP contribution in [0.5, 0.6) is 11.5 Å². The molecule has 1 aromatic carbocycles. The van der Waals surface area contributed by atoms with Crippen LogP contribution in [0.15, 0.2) is 18.2 Å². The van der Waals surface area contributed by atoms with Crippen molar-refractivity contribution >= 4 is 17.5 Å². The topological polar surface area (TPSA) is 85.1 Å². The van der Waals surface area contributed by atoms with Crippen molar-refractivity contribution in [1.29, 1.82) is 0 Å². The van der Waals surface area contributed by atoms with Gasteiger partial charge < -0.3 is 25.0 Å². The fourth-order valence-corrected chi connectivity index (χ4v) is 3.70. The van der Waals surface area contributed by atoms with Gasteiger partial charge in [-0.1, -0.05) is 0 Å². The molecule has 0 aliphatic carbocycles. The van der Waals surface area contributed by atoms with Crippen molar-refractivity contribution in [2.75, 3.05) is 37.7 Å². The summed E-state index contributed by atoms with van der Waals surface area (Å²) in [7, 11) is 0. The summed E-state index contributed by atoms with van der Waals surface area (Å²) in [4.78, 5) is 28.7. The van der Waals surface area contributed by atoms with Crippen LogP contribution in [0.1, 0.15) is 19.3 Å². The van der Waals surface area contributed by atoms with Gasteiger partial charge in [0.25, 0.3) is 0 Å².